The van der Waals surface area contributed by atoms with Crippen LogP contribution < -0.4 is 10.6 Å². The average Bonchev–Trinajstić information content (AvgIpc) is 3.65. The Morgan fingerprint density at radius 2 is 1.63 bits per heavy atom. The highest BCUT2D eigenvalue weighted by atomic mass is 16.6. The number of anilines is 1. The third kappa shape index (κ3) is 8.15. The number of para-hydroxylation sites is 1. The van der Waals surface area contributed by atoms with Gasteiger partial charge < -0.3 is 25.4 Å². The normalized spacial score (nSPS) is 17.4. The molecule has 0 bridgehead atoms. The van der Waals surface area contributed by atoms with E-state index in [4.69, 9.17) is 4.74 Å². The minimum Gasteiger partial charge on any atom is -0.508 e. The van der Waals surface area contributed by atoms with Crippen molar-refractivity contribution in [1.82, 2.24) is 10.2 Å². The maximum absolute atomic E-state index is 14.7. The van der Waals surface area contributed by atoms with Crippen LogP contribution in [0.2, 0.25) is 0 Å². The number of nitrogens with one attached hydrogen (secondary N) is 2. The minimum absolute atomic E-state index is 0.100. The molecule has 1 fully saturated rings. The molecule has 8 heteroatoms. The SMILES string of the molecule is Cc1ccc(C)c(C(C(=O)Nc2ccccc2C)N(C(=O)C(Cc2ccc(O)cc2)NC(=O)OC(C)(C)C)C2CC2C)c1. The number of aromatic hydroxyl groups is 1. The molecule has 0 aliphatic heterocycles. The monoisotopic (exact) mass is 585 g/mol. The van der Waals surface area contributed by atoms with Crippen molar-refractivity contribution in [3.05, 3.63) is 94.5 Å². The standard InChI is InChI=1S/C35H43N3O5/c1-21-12-13-22(2)27(18-21)31(32(40)36-28-11-9-8-10-23(28)3)38(30-19-24(30)4)33(41)29(37-34(42)43-35(5,6)7)20-25-14-16-26(39)17-15-25/h8-18,24,29-31,39H,19-20H2,1-7H3,(H,36,40)(H,37,42). The van der Waals surface area contributed by atoms with E-state index in [0.29, 0.717) is 5.69 Å². The van der Waals surface area contributed by atoms with E-state index >= 15 is 0 Å². The minimum atomic E-state index is -1.02. The second-order valence-corrected chi connectivity index (χ2v) is 12.7. The molecule has 3 amide bonds. The van der Waals surface area contributed by atoms with Crippen molar-refractivity contribution < 1.29 is 24.2 Å². The summed E-state index contributed by atoms with van der Waals surface area (Å²) in [5.74, 6) is -0.420. The van der Waals surface area contributed by atoms with E-state index in [2.05, 4.69) is 17.6 Å². The number of hydrogen-bond acceptors (Lipinski definition) is 5. The molecule has 0 spiro atoms. The summed E-state index contributed by atoms with van der Waals surface area (Å²) in [6.45, 7) is 13.2. The van der Waals surface area contributed by atoms with Gasteiger partial charge in [0.15, 0.2) is 0 Å². The number of carbonyl (C=O) groups is 3. The Bertz CT molecular complexity index is 1480. The van der Waals surface area contributed by atoms with Gasteiger partial charge in [0.1, 0.15) is 23.4 Å². The van der Waals surface area contributed by atoms with E-state index in [1.54, 1.807) is 49.9 Å². The molecule has 4 rings (SSSR count). The van der Waals surface area contributed by atoms with Gasteiger partial charge in [0.25, 0.3) is 5.91 Å². The van der Waals surface area contributed by atoms with Crippen LogP contribution in [0.25, 0.3) is 0 Å². The largest absolute Gasteiger partial charge is 0.508 e. The number of benzene rings is 3. The Morgan fingerprint density at radius 1 is 0.977 bits per heavy atom. The molecule has 8 nitrogen and oxygen atoms in total. The van der Waals surface area contributed by atoms with Crippen molar-refractivity contribution >= 4 is 23.6 Å². The first kappa shape index (κ1) is 31.6. The highest BCUT2D eigenvalue weighted by molar-refractivity contribution is 6.00. The molecular formula is C35H43N3O5. The molecule has 3 N–H and O–H groups in total. The highest BCUT2D eigenvalue weighted by Gasteiger charge is 2.48. The number of carbonyl (C=O) groups excluding carboxylic acids is 3. The first-order chi connectivity index (χ1) is 20.2. The molecule has 3 aromatic rings. The van der Waals surface area contributed by atoms with Crippen molar-refractivity contribution in [2.75, 3.05) is 5.32 Å². The number of phenols is 1. The van der Waals surface area contributed by atoms with E-state index in [-0.39, 0.29) is 35.9 Å². The third-order valence-corrected chi connectivity index (χ3v) is 7.70. The summed E-state index contributed by atoms with van der Waals surface area (Å²) >= 11 is 0. The molecule has 0 heterocycles. The molecule has 4 atom stereocenters. The van der Waals surface area contributed by atoms with Crippen LogP contribution in [0.4, 0.5) is 10.5 Å². The van der Waals surface area contributed by atoms with Gasteiger partial charge in [0.05, 0.1) is 0 Å². The predicted molar refractivity (Wildman–Crippen MR) is 168 cm³/mol. The Morgan fingerprint density at radius 3 is 2.23 bits per heavy atom. The predicted octanol–water partition coefficient (Wildman–Crippen LogP) is 6.37. The summed E-state index contributed by atoms with van der Waals surface area (Å²) < 4.78 is 5.53. The number of hydrogen-bond donors (Lipinski definition) is 3. The highest BCUT2D eigenvalue weighted by Crippen LogP contribution is 2.42. The maximum atomic E-state index is 14.7. The van der Waals surface area contributed by atoms with Crippen molar-refractivity contribution in [2.45, 2.75) is 85.0 Å². The Kier molecular flexibility index (Phi) is 9.48. The van der Waals surface area contributed by atoms with Crippen molar-refractivity contribution in [1.29, 1.82) is 0 Å². The summed E-state index contributed by atoms with van der Waals surface area (Å²) in [5.41, 5.74) is 4.14. The maximum Gasteiger partial charge on any atom is 0.408 e. The van der Waals surface area contributed by atoms with Gasteiger partial charge in [0.2, 0.25) is 5.91 Å². The first-order valence-electron chi connectivity index (χ1n) is 14.8. The van der Waals surface area contributed by atoms with E-state index in [1.807, 2.05) is 63.2 Å². The first-order valence-corrected chi connectivity index (χ1v) is 14.8. The molecule has 1 aliphatic rings. The molecule has 1 aliphatic carbocycles. The van der Waals surface area contributed by atoms with Gasteiger partial charge in [-0.3, -0.25) is 9.59 Å². The number of phenolic OH excluding ortho intramolecular Hbond substituents is 1. The van der Waals surface area contributed by atoms with Gasteiger partial charge in [-0.25, -0.2) is 4.79 Å². The molecule has 1 saturated carbocycles. The zero-order valence-electron chi connectivity index (χ0n) is 26.1. The van der Waals surface area contributed by atoms with Crippen LogP contribution in [0.1, 0.15) is 68.0 Å². The Labute approximate surface area is 254 Å². The quantitative estimate of drug-likeness (QED) is 0.271. The van der Waals surface area contributed by atoms with Crippen molar-refractivity contribution in [3.63, 3.8) is 0 Å². The number of amides is 3. The van der Waals surface area contributed by atoms with E-state index in [9.17, 15) is 19.5 Å². The average molecular weight is 586 g/mol. The van der Waals surface area contributed by atoms with Gasteiger partial charge in [-0.15, -0.1) is 0 Å². The van der Waals surface area contributed by atoms with Crippen LogP contribution in [-0.4, -0.2) is 45.6 Å². The number of aryl methyl sites for hydroxylation is 3. The second kappa shape index (κ2) is 12.9. The molecule has 3 aromatic carbocycles. The summed E-state index contributed by atoms with van der Waals surface area (Å²) in [6, 6.07) is 17.8. The zero-order valence-corrected chi connectivity index (χ0v) is 26.1. The summed E-state index contributed by atoms with van der Waals surface area (Å²) in [6.07, 6.45) is 0.166. The Balaban J connectivity index is 1.79. The van der Waals surface area contributed by atoms with Crippen LogP contribution in [-0.2, 0) is 20.7 Å². The smallest absolute Gasteiger partial charge is 0.408 e. The van der Waals surface area contributed by atoms with Gasteiger partial charge >= 0.3 is 6.09 Å². The van der Waals surface area contributed by atoms with Gasteiger partial charge in [-0.05, 0) is 94.3 Å². The summed E-state index contributed by atoms with van der Waals surface area (Å²) in [5, 5.41) is 15.7. The number of ether oxygens (including phenoxy) is 1. The van der Waals surface area contributed by atoms with Gasteiger partial charge in [-0.2, -0.15) is 0 Å². The summed E-state index contributed by atoms with van der Waals surface area (Å²) in [4.78, 5) is 43.7. The topological polar surface area (TPSA) is 108 Å². The molecular weight excluding hydrogens is 542 g/mol. The lowest BCUT2D eigenvalue weighted by Gasteiger charge is -2.36. The van der Waals surface area contributed by atoms with Crippen LogP contribution in [0, 0.1) is 26.7 Å². The van der Waals surface area contributed by atoms with Crippen LogP contribution in [0.15, 0.2) is 66.7 Å². The van der Waals surface area contributed by atoms with Crippen molar-refractivity contribution in [3.8, 4) is 5.75 Å². The molecule has 4 unspecified atom stereocenters. The molecule has 0 aromatic heterocycles. The molecule has 0 radical (unpaired) electrons. The van der Waals surface area contributed by atoms with E-state index < -0.39 is 23.8 Å². The molecule has 43 heavy (non-hydrogen) atoms. The lowest BCUT2D eigenvalue weighted by Crippen LogP contribution is -2.54. The lowest BCUT2D eigenvalue weighted by atomic mass is 9.95. The third-order valence-electron chi connectivity index (χ3n) is 7.70. The fourth-order valence-corrected chi connectivity index (χ4v) is 5.26. The van der Waals surface area contributed by atoms with E-state index in [0.717, 1.165) is 34.2 Å². The van der Waals surface area contributed by atoms with Crippen molar-refractivity contribution in [2.24, 2.45) is 5.92 Å². The second-order valence-electron chi connectivity index (χ2n) is 12.7. The van der Waals surface area contributed by atoms with Crippen LogP contribution in [0.3, 0.4) is 0 Å². The lowest BCUT2D eigenvalue weighted by molar-refractivity contribution is -0.141. The number of nitrogens with zero attached hydrogens (tertiary/aromatic N) is 1. The Hall–Kier alpha value is -4.33. The fraction of sp³-hybridized carbons (Fsp3) is 0.400. The van der Waals surface area contributed by atoms with Crippen LogP contribution in [0.5, 0.6) is 5.75 Å². The van der Waals surface area contributed by atoms with Gasteiger partial charge in [0, 0.05) is 18.2 Å². The fourth-order valence-electron chi connectivity index (χ4n) is 5.26. The number of rotatable bonds is 9. The summed E-state index contributed by atoms with van der Waals surface area (Å²) in [7, 11) is 0. The van der Waals surface area contributed by atoms with E-state index in [1.165, 1.54) is 0 Å². The zero-order chi connectivity index (χ0) is 31.5. The van der Waals surface area contributed by atoms with Crippen LogP contribution >= 0.6 is 0 Å². The van der Waals surface area contributed by atoms with Gasteiger partial charge in [-0.1, -0.05) is 61.0 Å². The number of alkyl carbamates (subject to hydrolysis) is 1. The molecule has 0 saturated heterocycles. The molecule has 228 valence electrons.